The van der Waals surface area contributed by atoms with E-state index in [0.29, 0.717) is 0 Å². The maximum atomic E-state index is 7.00. The van der Waals surface area contributed by atoms with E-state index in [-0.39, 0.29) is 5.41 Å². The first-order valence-electron chi connectivity index (χ1n) is 18.3. The number of fused-ring (bicyclic) bond motifs is 8. The summed E-state index contributed by atoms with van der Waals surface area (Å²) in [6.07, 6.45) is 0. The molecule has 0 spiro atoms. The second kappa shape index (κ2) is 12.3. The van der Waals surface area contributed by atoms with E-state index in [9.17, 15) is 0 Å². The van der Waals surface area contributed by atoms with E-state index in [0.717, 1.165) is 61.9 Å². The minimum Gasteiger partial charge on any atom is -0.455 e. The number of rotatable bonds is 5. The molecular weight excluding hydrogens is 643 g/mol. The fourth-order valence-corrected chi connectivity index (χ4v) is 8.46. The summed E-state index contributed by atoms with van der Waals surface area (Å²) in [7, 11) is 0. The van der Waals surface area contributed by atoms with Crippen LogP contribution in [0.4, 0.5) is 17.1 Å². The molecule has 8 aromatic carbocycles. The molecule has 0 saturated carbocycles. The summed E-state index contributed by atoms with van der Waals surface area (Å²) in [5.74, 6) is 1.72. The summed E-state index contributed by atoms with van der Waals surface area (Å²) < 4.78 is 7.00. The van der Waals surface area contributed by atoms with Crippen LogP contribution >= 0.6 is 0 Å². The SMILES string of the molecule is CC1(C)c2ccccc2-c2ccc(N(c3cccc(-c4ccccc4)c3)c3ccc4c(c3)-c3ccccc3-c3cccc(-c5ccccc5)c3O4)cc21. The third-order valence-electron chi connectivity index (χ3n) is 11.1. The van der Waals surface area contributed by atoms with Crippen molar-refractivity contribution in [2.75, 3.05) is 4.90 Å². The van der Waals surface area contributed by atoms with Gasteiger partial charge in [-0.2, -0.15) is 0 Å². The van der Waals surface area contributed by atoms with Crippen LogP contribution in [0.25, 0.3) is 55.6 Å². The molecule has 0 N–H and O–H groups in total. The van der Waals surface area contributed by atoms with Crippen LogP contribution < -0.4 is 9.64 Å². The molecule has 0 fully saturated rings. The molecule has 2 heteroatoms. The Hall–Kier alpha value is -6.64. The van der Waals surface area contributed by atoms with E-state index in [1.807, 2.05) is 0 Å². The summed E-state index contributed by atoms with van der Waals surface area (Å²) in [6, 6.07) is 67.7. The lowest BCUT2D eigenvalue weighted by atomic mass is 9.82. The third-order valence-corrected chi connectivity index (χ3v) is 11.1. The molecule has 8 aromatic rings. The van der Waals surface area contributed by atoms with Crippen LogP contribution in [-0.4, -0.2) is 0 Å². The van der Waals surface area contributed by atoms with E-state index in [1.54, 1.807) is 0 Å². The summed E-state index contributed by atoms with van der Waals surface area (Å²) >= 11 is 0. The van der Waals surface area contributed by atoms with Crippen LogP contribution in [0.5, 0.6) is 11.5 Å². The van der Waals surface area contributed by atoms with Crippen LogP contribution in [0, 0.1) is 0 Å². The normalized spacial score (nSPS) is 13.0. The second-order valence-electron chi connectivity index (χ2n) is 14.5. The van der Waals surface area contributed by atoms with Gasteiger partial charge in [-0.3, -0.25) is 0 Å². The monoisotopic (exact) mass is 679 g/mol. The molecular formula is C51H37NO. The van der Waals surface area contributed by atoms with Gasteiger partial charge in [-0.1, -0.05) is 159 Å². The number of hydrogen-bond donors (Lipinski definition) is 0. The van der Waals surface area contributed by atoms with E-state index in [2.05, 4.69) is 207 Å². The molecule has 53 heavy (non-hydrogen) atoms. The van der Waals surface area contributed by atoms with Gasteiger partial charge in [0.25, 0.3) is 0 Å². The number of para-hydroxylation sites is 1. The zero-order valence-corrected chi connectivity index (χ0v) is 29.8. The quantitative estimate of drug-likeness (QED) is 0.180. The van der Waals surface area contributed by atoms with Crippen molar-refractivity contribution in [3.63, 3.8) is 0 Å². The fraction of sp³-hybridized carbons (Fsp3) is 0.0588. The highest BCUT2D eigenvalue weighted by Crippen LogP contribution is 2.53. The molecule has 1 aliphatic carbocycles. The minimum absolute atomic E-state index is 0.123. The topological polar surface area (TPSA) is 12.5 Å². The van der Waals surface area contributed by atoms with Gasteiger partial charge in [0.1, 0.15) is 11.5 Å². The van der Waals surface area contributed by atoms with Gasteiger partial charge in [0.05, 0.1) is 0 Å². The third kappa shape index (κ3) is 5.10. The lowest BCUT2D eigenvalue weighted by molar-refractivity contribution is 0.489. The van der Waals surface area contributed by atoms with Gasteiger partial charge in [-0.25, -0.2) is 0 Å². The Balaban J connectivity index is 1.17. The highest BCUT2D eigenvalue weighted by molar-refractivity contribution is 5.96. The standard InChI is InChI=1S/C51H37NO/c1-51(2)47-26-12-11-23-43(47)44-29-27-39(33-48(44)51)52(37-20-13-19-36(31-37)34-15-5-3-6-16-34)38-28-30-49-46(32-38)42-22-10-9-21-41(42)45-25-14-24-40(50(45)53-49)35-17-7-4-8-18-35/h3-33H,1-2H3. The Bertz CT molecular complexity index is 2670. The van der Waals surface area contributed by atoms with E-state index < -0.39 is 0 Å². The van der Waals surface area contributed by atoms with E-state index in [1.165, 1.54) is 33.4 Å². The van der Waals surface area contributed by atoms with Gasteiger partial charge in [0, 0.05) is 39.2 Å². The first-order valence-corrected chi connectivity index (χ1v) is 18.3. The molecule has 2 aliphatic rings. The summed E-state index contributed by atoms with van der Waals surface area (Å²) in [4.78, 5) is 2.40. The second-order valence-corrected chi connectivity index (χ2v) is 14.5. The molecule has 1 heterocycles. The van der Waals surface area contributed by atoms with Gasteiger partial charge in [0.15, 0.2) is 0 Å². The van der Waals surface area contributed by atoms with Crippen molar-refractivity contribution in [3.8, 4) is 67.1 Å². The fourth-order valence-electron chi connectivity index (χ4n) is 8.46. The summed E-state index contributed by atoms with van der Waals surface area (Å²) in [6.45, 7) is 4.69. The molecule has 252 valence electrons. The number of hydrogen-bond acceptors (Lipinski definition) is 2. The van der Waals surface area contributed by atoms with Crippen molar-refractivity contribution >= 4 is 17.1 Å². The van der Waals surface area contributed by atoms with Crippen molar-refractivity contribution in [2.24, 2.45) is 0 Å². The smallest absolute Gasteiger partial charge is 0.143 e. The van der Waals surface area contributed by atoms with Crippen LogP contribution in [0.1, 0.15) is 25.0 Å². The van der Waals surface area contributed by atoms with Gasteiger partial charge < -0.3 is 9.64 Å². The van der Waals surface area contributed by atoms with Gasteiger partial charge in [-0.15, -0.1) is 0 Å². The number of nitrogens with zero attached hydrogens (tertiary/aromatic N) is 1. The number of benzene rings is 8. The highest BCUT2D eigenvalue weighted by Gasteiger charge is 2.36. The lowest BCUT2D eigenvalue weighted by Crippen LogP contribution is -2.16. The Morgan fingerprint density at radius 3 is 1.70 bits per heavy atom. The van der Waals surface area contributed by atoms with Crippen LogP contribution in [0.15, 0.2) is 188 Å². The molecule has 10 rings (SSSR count). The predicted octanol–water partition coefficient (Wildman–Crippen LogP) is 14.2. The van der Waals surface area contributed by atoms with E-state index in [4.69, 9.17) is 4.74 Å². The Morgan fingerprint density at radius 1 is 0.358 bits per heavy atom. The molecule has 0 unspecified atom stereocenters. The van der Waals surface area contributed by atoms with E-state index >= 15 is 0 Å². The number of ether oxygens (including phenoxy) is 1. The maximum Gasteiger partial charge on any atom is 0.143 e. The van der Waals surface area contributed by atoms with Crippen molar-refractivity contribution < 1.29 is 4.74 Å². The summed E-state index contributed by atoms with van der Waals surface area (Å²) in [5.41, 5.74) is 17.5. The van der Waals surface area contributed by atoms with Gasteiger partial charge >= 0.3 is 0 Å². The van der Waals surface area contributed by atoms with Crippen LogP contribution in [0.2, 0.25) is 0 Å². The Labute approximate surface area is 311 Å². The van der Waals surface area contributed by atoms with Gasteiger partial charge in [0.2, 0.25) is 0 Å². The predicted molar refractivity (Wildman–Crippen MR) is 221 cm³/mol. The molecule has 0 atom stereocenters. The summed E-state index contributed by atoms with van der Waals surface area (Å²) in [5, 5.41) is 0. The molecule has 0 saturated heterocycles. The maximum absolute atomic E-state index is 7.00. The average Bonchev–Trinajstić information content (AvgIpc) is 3.34. The van der Waals surface area contributed by atoms with Gasteiger partial charge in [-0.05, 0) is 92.5 Å². The van der Waals surface area contributed by atoms with Crippen LogP contribution in [-0.2, 0) is 5.41 Å². The molecule has 2 nitrogen and oxygen atoms in total. The van der Waals surface area contributed by atoms with Crippen molar-refractivity contribution in [1.82, 2.24) is 0 Å². The highest BCUT2D eigenvalue weighted by atomic mass is 16.5. The molecule has 0 aromatic heterocycles. The molecule has 0 radical (unpaired) electrons. The van der Waals surface area contributed by atoms with Crippen LogP contribution in [0.3, 0.4) is 0 Å². The Morgan fingerprint density at radius 2 is 0.906 bits per heavy atom. The molecule has 1 aliphatic heterocycles. The first kappa shape index (κ1) is 31.1. The largest absolute Gasteiger partial charge is 0.455 e. The number of anilines is 3. The van der Waals surface area contributed by atoms with Crippen molar-refractivity contribution in [2.45, 2.75) is 19.3 Å². The van der Waals surface area contributed by atoms with Crippen molar-refractivity contribution in [3.05, 3.63) is 199 Å². The van der Waals surface area contributed by atoms with Crippen molar-refractivity contribution in [1.29, 1.82) is 0 Å². The lowest BCUT2D eigenvalue weighted by Gasteiger charge is -2.29. The average molecular weight is 680 g/mol. The molecule has 0 amide bonds. The minimum atomic E-state index is -0.123. The first-order chi connectivity index (χ1) is 26.0. The zero-order valence-electron chi connectivity index (χ0n) is 29.8. The Kier molecular flexibility index (Phi) is 7.19. The molecule has 0 bridgehead atoms. The zero-order chi connectivity index (χ0) is 35.5.